The molecule has 0 heterocycles. The molecule has 0 aliphatic heterocycles. The lowest BCUT2D eigenvalue weighted by Gasteiger charge is -2.26. The minimum Gasteiger partial charge on any atom is -0.324 e. The van der Waals surface area contributed by atoms with Crippen molar-refractivity contribution in [3.63, 3.8) is 0 Å². The predicted octanol–water partition coefficient (Wildman–Crippen LogP) is 2.25. The zero-order valence-corrected chi connectivity index (χ0v) is 7.43. The van der Waals surface area contributed by atoms with E-state index in [1.165, 1.54) is 24.0 Å². The summed E-state index contributed by atoms with van der Waals surface area (Å²) >= 11 is 0. The molecule has 1 nitrogen and oxygen atoms in total. The fraction of sp³-hybridized carbons (Fsp3) is 0.600. The molecule has 1 heteroatoms. The molecule has 0 spiro atoms. The normalized spacial score (nSPS) is 31.4. The van der Waals surface area contributed by atoms with Gasteiger partial charge < -0.3 is 5.73 Å². The maximum Gasteiger partial charge on any atom is 0.0292 e. The molecule has 0 aromatic rings. The summed E-state index contributed by atoms with van der Waals surface area (Å²) < 4.78 is 0. The molecule has 2 N–H and O–H groups in total. The van der Waals surface area contributed by atoms with E-state index in [0.717, 1.165) is 0 Å². The van der Waals surface area contributed by atoms with Crippen molar-refractivity contribution < 1.29 is 0 Å². The van der Waals surface area contributed by atoms with Gasteiger partial charge in [-0.1, -0.05) is 23.8 Å². The molecule has 0 radical (unpaired) electrons. The van der Waals surface area contributed by atoms with E-state index in [-0.39, 0.29) is 6.04 Å². The molecule has 0 amide bonds. The van der Waals surface area contributed by atoms with Crippen molar-refractivity contribution in [3.05, 3.63) is 23.8 Å². The average molecular weight is 151 g/mol. The van der Waals surface area contributed by atoms with Gasteiger partial charge in [-0.05, 0) is 32.6 Å². The fourth-order valence-electron chi connectivity index (χ4n) is 1.68. The Morgan fingerprint density at radius 1 is 1.73 bits per heavy atom. The molecule has 1 aliphatic carbocycles. The third kappa shape index (κ3) is 1.93. The van der Waals surface area contributed by atoms with E-state index in [0.29, 0.717) is 5.92 Å². The van der Waals surface area contributed by atoms with Crippen LogP contribution in [0.3, 0.4) is 0 Å². The van der Waals surface area contributed by atoms with E-state index in [2.05, 4.69) is 26.5 Å². The van der Waals surface area contributed by atoms with Crippen LogP contribution in [0, 0.1) is 5.92 Å². The van der Waals surface area contributed by atoms with E-state index < -0.39 is 0 Å². The molecule has 11 heavy (non-hydrogen) atoms. The average Bonchev–Trinajstić information content (AvgIpc) is 1.85. The molecule has 2 atom stereocenters. The first-order valence-electron chi connectivity index (χ1n) is 4.19. The van der Waals surface area contributed by atoms with Crippen molar-refractivity contribution in [1.29, 1.82) is 0 Å². The second-order valence-corrected chi connectivity index (χ2v) is 3.58. The van der Waals surface area contributed by atoms with Gasteiger partial charge in [0.2, 0.25) is 0 Å². The van der Waals surface area contributed by atoms with Gasteiger partial charge in [-0.2, -0.15) is 0 Å². The van der Waals surface area contributed by atoms with Gasteiger partial charge in [0.25, 0.3) is 0 Å². The van der Waals surface area contributed by atoms with E-state index in [1.54, 1.807) is 0 Å². The lowest BCUT2D eigenvalue weighted by Crippen LogP contribution is -2.31. The zero-order chi connectivity index (χ0) is 8.43. The topological polar surface area (TPSA) is 26.0 Å². The third-order valence-corrected chi connectivity index (χ3v) is 2.42. The van der Waals surface area contributed by atoms with Crippen LogP contribution in [0.4, 0.5) is 0 Å². The first kappa shape index (κ1) is 8.54. The summed E-state index contributed by atoms with van der Waals surface area (Å²) in [7, 11) is 0. The molecular formula is C10H17N. The molecular weight excluding hydrogens is 134 g/mol. The lowest BCUT2D eigenvalue weighted by atomic mass is 9.83. The molecule has 0 aromatic heterocycles. The van der Waals surface area contributed by atoms with Crippen LogP contribution in [-0.4, -0.2) is 6.04 Å². The highest BCUT2D eigenvalue weighted by atomic mass is 14.6. The summed E-state index contributed by atoms with van der Waals surface area (Å²) in [5.41, 5.74) is 8.58. The Hall–Kier alpha value is -0.560. The SMILES string of the molecule is C=C(C)[C@@H]1CCC(C)=CC1N. The first-order chi connectivity index (χ1) is 5.11. The Bertz CT molecular complexity index is 191. The zero-order valence-electron chi connectivity index (χ0n) is 7.43. The lowest BCUT2D eigenvalue weighted by molar-refractivity contribution is 0.480. The molecule has 62 valence electrons. The van der Waals surface area contributed by atoms with Crippen LogP contribution in [0.1, 0.15) is 26.7 Å². The van der Waals surface area contributed by atoms with E-state index in [4.69, 9.17) is 5.73 Å². The van der Waals surface area contributed by atoms with Crippen molar-refractivity contribution in [2.24, 2.45) is 11.7 Å². The summed E-state index contributed by atoms with van der Waals surface area (Å²) in [6.07, 6.45) is 4.53. The second kappa shape index (κ2) is 3.22. The first-order valence-corrected chi connectivity index (χ1v) is 4.19. The van der Waals surface area contributed by atoms with Crippen LogP contribution in [0.25, 0.3) is 0 Å². The van der Waals surface area contributed by atoms with Crippen LogP contribution in [-0.2, 0) is 0 Å². The van der Waals surface area contributed by atoms with Crippen LogP contribution in [0.15, 0.2) is 23.8 Å². The minimum atomic E-state index is 0.209. The summed E-state index contributed by atoms with van der Waals surface area (Å²) in [6.45, 7) is 8.16. The van der Waals surface area contributed by atoms with E-state index in [1.807, 2.05) is 0 Å². The van der Waals surface area contributed by atoms with E-state index >= 15 is 0 Å². The maximum atomic E-state index is 5.93. The standard InChI is InChI=1S/C10H17N/c1-7(2)9-5-4-8(3)6-10(9)11/h6,9-10H,1,4-5,11H2,2-3H3/t9-,10?/m0/s1. The third-order valence-electron chi connectivity index (χ3n) is 2.42. The van der Waals surface area contributed by atoms with Gasteiger partial charge in [0.1, 0.15) is 0 Å². The summed E-state index contributed by atoms with van der Waals surface area (Å²) in [5.74, 6) is 0.513. The van der Waals surface area contributed by atoms with Gasteiger partial charge in [-0.3, -0.25) is 0 Å². The van der Waals surface area contributed by atoms with Crippen molar-refractivity contribution in [2.75, 3.05) is 0 Å². The molecule has 0 saturated carbocycles. The molecule has 1 rings (SSSR count). The van der Waals surface area contributed by atoms with Gasteiger partial charge >= 0.3 is 0 Å². The summed E-state index contributed by atoms with van der Waals surface area (Å²) in [5, 5.41) is 0. The van der Waals surface area contributed by atoms with Crippen LogP contribution in [0.5, 0.6) is 0 Å². The Labute approximate surface area is 69.0 Å². The van der Waals surface area contributed by atoms with Crippen molar-refractivity contribution >= 4 is 0 Å². The van der Waals surface area contributed by atoms with Crippen molar-refractivity contribution in [3.8, 4) is 0 Å². The molecule has 0 saturated heterocycles. The van der Waals surface area contributed by atoms with Crippen molar-refractivity contribution in [1.82, 2.24) is 0 Å². The van der Waals surface area contributed by atoms with Crippen molar-refractivity contribution in [2.45, 2.75) is 32.7 Å². The minimum absolute atomic E-state index is 0.209. The Morgan fingerprint density at radius 3 is 2.82 bits per heavy atom. The predicted molar refractivity (Wildman–Crippen MR) is 49.3 cm³/mol. The van der Waals surface area contributed by atoms with E-state index in [9.17, 15) is 0 Å². The highest BCUT2D eigenvalue weighted by Gasteiger charge is 2.20. The van der Waals surface area contributed by atoms with Gasteiger partial charge in [0, 0.05) is 6.04 Å². The van der Waals surface area contributed by atoms with Gasteiger partial charge in [-0.15, -0.1) is 0 Å². The second-order valence-electron chi connectivity index (χ2n) is 3.58. The molecule has 1 aliphatic rings. The molecule has 0 aromatic carbocycles. The number of hydrogen-bond acceptors (Lipinski definition) is 1. The molecule has 1 unspecified atom stereocenters. The smallest absolute Gasteiger partial charge is 0.0292 e. The highest BCUT2D eigenvalue weighted by molar-refractivity contribution is 5.16. The summed E-state index contributed by atoms with van der Waals surface area (Å²) in [4.78, 5) is 0. The maximum absolute atomic E-state index is 5.93. The highest BCUT2D eigenvalue weighted by Crippen LogP contribution is 2.26. The molecule has 0 fully saturated rings. The van der Waals surface area contributed by atoms with Gasteiger partial charge in [-0.25, -0.2) is 0 Å². The molecule has 0 bridgehead atoms. The van der Waals surface area contributed by atoms with Crippen LogP contribution < -0.4 is 5.73 Å². The van der Waals surface area contributed by atoms with Crippen LogP contribution in [0.2, 0.25) is 0 Å². The summed E-state index contributed by atoms with van der Waals surface area (Å²) in [6, 6.07) is 0.209. The number of allylic oxidation sites excluding steroid dienone is 1. The monoisotopic (exact) mass is 151 g/mol. The van der Waals surface area contributed by atoms with Gasteiger partial charge in [0.05, 0.1) is 0 Å². The largest absolute Gasteiger partial charge is 0.324 e. The number of hydrogen-bond donors (Lipinski definition) is 1. The Kier molecular flexibility index (Phi) is 2.50. The quantitative estimate of drug-likeness (QED) is 0.571. The van der Waals surface area contributed by atoms with Crippen LogP contribution >= 0.6 is 0 Å². The number of rotatable bonds is 1. The van der Waals surface area contributed by atoms with Gasteiger partial charge in [0.15, 0.2) is 0 Å². The number of nitrogens with two attached hydrogens (primary N) is 1. The Balaban J connectivity index is 2.68. The Morgan fingerprint density at radius 2 is 2.36 bits per heavy atom. The fourth-order valence-corrected chi connectivity index (χ4v) is 1.68.